The molecule has 0 fully saturated rings. The Kier molecular flexibility index (Phi) is 2.70. The lowest BCUT2D eigenvalue weighted by atomic mass is 10.00. The highest BCUT2D eigenvalue weighted by Gasteiger charge is 2.12. The van der Waals surface area contributed by atoms with Crippen LogP contribution in [0.3, 0.4) is 0 Å². The highest BCUT2D eigenvalue weighted by atomic mass is 16.5. The van der Waals surface area contributed by atoms with Crippen LogP contribution in [0.5, 0.6) is 5.75 Å². The summed E-state index contributed by atoms with van der Waals surface area (Å²) >= 11 is 0. The fraction of sp³-hybridized carbons (Fsp3) is 0.455. The number of benzene rings is 1. The first-order chi connectivity index (χ1) is 6.81. The summed E-state index contributed by atoms with van der Waals surface area (Å²) in [6.07, 6.45) is 2.18. The summed E-state index contributed by atoms with van der Waals surface area (Å²) in [4.78, 5) is 0. The zero-order valence-electron chi connectivity index (χ0n) is 8.20. The molecule has 0 aliphatic carbocycles. The average molecular weight is 192 g/mol. The maximum atomic E-state index is 5.86. The summed E-state index contributed by atoms with van der Waals surface area (Å²) in [5.41, 5.74) is 13.8. The van der Waals surface area contributed by atoms with Crippen molar-refractivity contribution in [2.45, 2.75) is 18.9 Å². The van der Waals surface area contributed by atoms with Crippen molar-refractivity contribution in [1.29, 1.82) is 0 Å². The minimum atomic E-state index is -0.0535. The predicted molar refractivity (Wildman–Crippen MR) is 56.2 cm³/mol. The summed E-state index contributed by atoms with van der Waals surface area (Å²) in [5, 5.41) is 0. The third kappa shape index (κ3) is 1.74. The average Bonchev–Trinajstić information content (AvgIpc) is 2.27. The maximum Gasteiger partial charge on any atom is 0.122 e. The van der Waals surface area contributed by atoms with Crippen LogP contribution < -0.4 is 16.2 Å². The monoisotopic (exact) mass is 192 g/mol. The fourth-order valence-electron chi connectivity index (χ4n) is 1.75. The predicted octanol–water partition coefficient (Wildman–Crippen LogP) is 0.970. The summed E-state index contributed by atoms with van der Waals surface area (Å²) in [6, 6.07) is 6.06. The van der Waals surface area contributed by atoms with Gasteiger partial charge in [0.1, 0.15) is 5.75 Å². The Hall–Kier alpha value is -1.06. The molecule has 14 heavy (non-hydrogen) atoms. The molecule has 1 aliphatic rings. The zero-order valence-corrected chi connectivity index (χ0v) is 8.20. The quantitative estimate of drug-likeness (QED) is 0.734. The standard InChI is InChI=1S/C11H16N2O/c12-7-10(13)8-3-4-11-9(6-8)2-1-5-14-11/h3-4,6,10H,1-2,5,7,12-13H2/t10-/m1/s1. The largest absolute Gasteiger partial charge is 0.493 e. The molecule has 0 amide bonds. The van der Waals surface area contributed by atoms with Crippen molar-refractivity contribution >= 4 is 0 Å². The van der Waals surface area contributed by atoms with Gasteiger partial charge in [0.15, 0.2) is 0 Å². The first-order valence-electron chi connectivity index (χ1n) is 5.02. The summed E-state index contributed by atoms with van der Waals surface area (Å²) in [5.74, 6) is 1.00. The molecule has 1 heterocycles. The molecule has 2 rings (SSSR count). The van der Waals surface area contributed by atoms with Gasteiger partial charge in [-0.15, -0.1) is 0 Å². The van der Waals surface area contributed by atoms with E-state index in [9.17, 15) is 0 Å². The number of hydrogen-bond donors (Lipinski definition) is 2. The zero-order chi connectivity index (χ0) is 9.97. The van der Waals surface area contributed by atoms with Crippen molar-refractivity contribution in [3.05, 3.63) is 29.3 Å². The molecule has 1 atom stereocenters. The molecule has 0 spiro atoms. The summed E-state index contributed by atoms with van der Waals surface area (Å²) in [7, 11) is 0. The molecule has 0 radical (unpaired) electrons. The van der Waals surface area contributed by atoms with Crippen LogP contribution in [0.25, 0.3) is 0 Å². The Balaban J connectivity index is 2.29. The molecular weight excluding hydrogens is 176 g/mol. The Labute approximate surface area is 84.0 Å². The van der Waals surface area contributed by atoms with Crippen molar-refractivity contribution in [2.24, 2.45) is 11.5 Å². The van der Waals surface area contributed by atoms with Crippen LogP contribution in [0.1, 0.15) is 23.6 Å². The fourth-order valence-corrected chi connectivity index (χ4v) is 1.75. The van der Waals surface area contributed by atoms with Gasteiger partial charge in [-0.25, -0.2) is 0 Å². The lowest BCUT2D eigenvalue weighted by molar-refractivity contribution is 0.288. The van der Waals surface area contributed by atoms with Gasteiger partial charge in [-0.05, 0) is 30.0 Å². The van der Waals surface area contributed by atoms with E-state index in [1.807, 2.05) is 12.1 Å². The summed E-state index contributed by atoms with van der Waals surface area (Å²) in [6.45, 7) is 1.31. The Morgan fingerprint density at radius 1 is 1.43 bits per heavy atom. The van der Waals surface area contributed by atoms with Crippen LogP contribution in [0, 0.1) is 0 Å². The van der Waals surface area contributed by atoms with Crippen LogP contribution in [-0.4, -0.2) is 13.2 Å². The number of ether oxygens (including phenoxy) is 1. The molecule has 0 saturated heterocycles. The lowest BCUT2D eigenvalue weighted by Crippen LogP contribution is -2.21. The van der Waals surface area contributed by atoms with E-state index in [-0.39, 0.29) is 6.04 Å². The molecule has 0 saturated carbocycles. The van der Waals surface area contributed by atoms with E-state index in [1.54, 1.807) is 0 Å². The number of aryl methyl sites for hydroxylation is 1. The van der Waals surface area contributed by atoms with Gasteiger partial charge in [0.2, 0.25) is 0 Å². The molecule has 4 N–H and O–H groups in total. The highest BCUT2D eigenvalue weighted by Crippen LogP contribution is 2.26. The van der Waals surface area contributed by atoms with Crippen LogP contribution in [0.15, 0.2) is 18.2 Å². The Morgan fingerprint density at radius 3 is 3.07 bits per heavy atom. The van der Waals surface area contributed by atoms with Crippen molar-refractivity contribution in [1.82, 2.24) is 0 Å². The number of nitrogens with two attached hydrogens (primary N) is 2. The van der Waals surface area contributed by atoms with Gasteiger partial charge in [-0.3, -0.25) is 0 Å². The van der Waals surface area contributed by atoms with Gasteiger partial charge >= 0.3 is 0 Å². The Morgan fingerprint density at radius 2 is 2.29 bits per heavy atom. The molecule has 0 bridgehead atoms. The van der Waals surface area contributed by atoms with Crippen molar-refractivity contribution in [3.63, 3.8) is 0 Å². The van der Waals surface area contributed by atoms with Gasteiger partial charge in [0.05, 0.1) is 6.61 Å². The topological polar surface area (TPSA) is 61.3 Å². The van der Waals surface area contributed by atoms with Gasteiger partial charge in [0, 0.05) is 12.6 Å². The third-order valence-electron chi connectivity index (χ3n) is 2.61. The van der Waals surface area contributed by atoms with E-state index >= 15 is 0 Å². The second kappa shape index (κ2) is 3.98. The van der Waals surface area contributed by atoms with E-state index in [0.717, 1.165) is 30.8 Å². The van der Waals surface area contributed by atoms with Crippen molar-refractivity contribution in [2.75, 3.05) is 13.2 Å². The van der Waals surface area contributed by atoms with Crippen LogP contribution >= 0.6 is 0 Å². The molecule has 1 aromatic rings. The van der Waals surface area contributed by atoms with Gasteiger partial charge in [-0.1, -0.05) is 12.1 Å². The highest BCUT2D eigenvalue weighted by molar-refractivity contribution is 5.39. The lowest BCUT2D eigenvalue weighted by Gasteiger charge is -2.19. The minimum absolute atomic E-state index is 0.0535. The number of fused-ring (bicyclic) bond motifs is 1. The second-order valence-electron chi connectivity index (χ2n) is 3.66. The third-order valence-corrected chi connectivity index (χ3v) is 2.61. The van der Waals surface area contributed by atoms with Crippen LogP contribution in [-0.2, 0) is 6.42 Å². The van der Waals surface area contributed by atoms with E-state index in [2.05, 4.69) is 6.07 Å². The van der Waals surface area contributed by atoms with E-state index in [1.165, 1.54) is 5.56 Å². The van der Waals surface area contributed by atoms with Gasteiger partial charge in [0.25, 0.3) is 0 Å². The number of rotatable bonds is 2. The molecule has 0 unspecified atom stereocenters. The maximum absolute atomic E-state index is 5.86. The molecular formula is C11H16N2O. The normalized spacial score (nSPS) is 17.0. The Bertz CT molecular complexity index is 325. The first-order valence-corrected chi connectivity index (χ1v) is 5.02. The first kappa shape index (κ1) is 9.49. The van der Waals surface area contributed by atoms with Crippen molar-refractivity contribution in [3.8, 4) is 5.75 Å². The van der Waals surface area contributed by atoms with Crippen LogP contribution in [0.4, 0.5) is 0 Å². The molecule has 0 aromatic heterocycles. The molecule has 3 nitrogen and oxygen atoms in total. The van der Waals surface area contributed by atoms with E-state index in [0.29, 0.717) is 6.54 Å². The molecule has 1 aromatic carbocycles. The number of hydrogen-bond acceptors (Lipinski definition) is 3. The van der Waals surface area contributed by atoms with Gasteiger partial charge < -0.3 is 16.2 Å². The van der Waals surface area contributed by atoms with E-state index < -0.39 is 0 Å². The molecule has 76 valence electrons. The SMILES string of the molecule is NC[C@@H](N)c1ccc2c(c1)CCCO2. The van der Waals surface area contributed by atoms with Crippen molar-refractivity contribution < 1.29 is 4.74 Å². The summed E-state index contributed by atoms with van der Waals surface area (Å²) < 4.78 is 5.52. The smallest absolute Gasteiger partial charge is 0.122 e. The van der Waals surface area contributed by atoms with Gasteiger partial charge in [-0.2, -0.15) is 0 Å². The molecule has 3 heteroatoms. The molecule has 1 aliphatic heterocycles. The minimum Gasteiger partial charge on any atom is -0.493 e. The van der Waals surface area contributed by atoms with Crippen LogP contribution in [0.2, 0.25) is 0 Å². The van der Waals surface area contributed by atoms with E-state index in [4.69, 9.17) is 16.2 Å². The second-order valence-corrected chi connectivity index (χ2v) is 3.66.